The third-order valence-electron chi connectivity index (χ3n) is 2.46. The maximum absolute atomic E-state index is 12.8. The van der Waals surface area contributed by atoms with Gasteiger partial charge in [0.2, 0.25) is 0 Å². The van der Waals surface area contributed by atoms with Crippen LogP contribution in [0.4, 0.5) is 4.39 Å². The molecule has 2 aromatic rings. The van der Waals surface area contributed by atoms with Crippen LogP contribution in [0.15, 0.2) is 53.4 Å². The van der Waals surface area contributed by atoms with Crippen molar-refractivity contribution >= 4 is 30.2 Å². The molecule has 2 aromatic carbocycles. The molecule has 0 heterocycles. The Bertz CT molecular complexity index is 522. The highest BCUT2D eigenvalue weighted by Gasteiger charge is 2.06. The lowest BCUT2D eigenvalue weighted by atomic mass is 10.3. The zero-order chi connectivity index (χ0) is 12.3. The average Bonchev–Trinajstić information content (AvgIpc) is 2.39. The van der Waals surface area contributed by atoms with E-state index in [9.17, 15) is 8.96 Å². The summed E-state index contributed by atoms with van der Waals surface area (Å²) in [4.78, 5) is 1.14. The summed E-state index contributed by atoms with van der Waals surface area (Å²) in [5, 5.41) is 1.49. The summed E-state index contributed by atoms with van der Waals surface area (Å²) in [5.41, 5.74) is 0. The van der Waals surface area contributed by atoms with Crippen LogP contribution in [-0.2, 0) is 4.57 Å². The van der Waals surface area contributed by atoms with E-state index in [1.54, 1.807) is 23.9 Å². The molecule has 1 nitrogen and oxygen atoms in total. The zero-order valence-electron chi connectivity index (χ0n) is 9.31. The number of benzene rings is 2. The van der Waals surface area contributed by atoms with E-state index in [1.807, 2.05) is 30.5 Å². The van der Waals surface area contributed by atoms with Crippen molar-refractivity contribution in [1.82, 2.24) is 0 Å². The first-order valence-corrected chi connectivity index (χ1v) is 7.78. The number of rotatable bonds is 3. The van der Waals surface area contributed by atoms with Crippen LogP contribution < -0.4 is 10.6 Å². The predicted molar refractivity (Wildman–Crippen MR) is 72.9 cm³/mol. The molecule has 0 N–H and O–H groups in total. The van der Waals surface area contributed by atoms with Crippen molar-refractivity contribution in [2.45, 2.75) is 4.90 Å². The van der Waals surface area contributed by atoms with Gasteiger partial charge in [-0.1, -0.05) is 12.1 Å². The summed E-state index contributed by atoms with van der Waals surface area (Å²) in [6, 6.07) is 13.5. The van der Waals surface area contributed by atoms with E-state index in [0.29, 0.717) is 5.30 Å². The second-order valence-corrected chi connectivity index (χ2v) is 6.26. The van der Waals surface area contributed by atoms with Crippen molar-refractivity contribution in [3.8, 4) is 0 Å². The smallest absolute Gasteiger partial charge is 0.131 e. The van der Waals surface area contributed by atoms with Crippen LogP contribution in [0.3, 0.4) is 0 Å². The highest BCUT2D eigenvalue weighted by atomic mass is 32.2. The Morgan fingerprint density at radius 2 is 1.41 bits per heavy atom. The van der Waals surface area contributed by atoms with Gasteiger partial charge in [-0.05, 0) is 42.7 Å². The molecule has 0 spiro atoms. The fourth-order valence-electron chi connectivity index (χ4n) is 1.51. The Labute approximate surface area is 105 Å². The Morgan fingerprint density at radius 3 is 1.88 bits per heavy atom. The van der Waals surface area contributed by atoms with Crippen LogP contribution in [0.25, 0.3) is 0 Å². The van der Waals surface area contributed by atoms with E-state index in [1.165, 1.54) is 12.1 Å². The maximum Gasteiger partial charge on any atom is 0.131 e. The SMILES string of the molecule is CSc1ccc([PH](=O)c2ccc(F)cc2)cc1. The van der Waals surface area contributed by atoms with Gasteiger partial charge in [-0.15, -0.1) is 11.8 Å². The van der Waals surface area contributed by atoms with Gasteiger partial charge in [0, 0.05) is 15.5 Å². The standard InChI is InChI=1S/C13H12FOPS/c1-17-13-8-6-12(7-9-13)16(15)11-4-2-10(14)3-5-11/h2-9,16H,1H3. The zero-order valence-corrected chi connectivity index (χ0v) is 11.1. The van der Waals surface area contributed by atoms with Crippen molar-refractivity contribution in [3.05, 3.63) is 54.3 Å². The highest BCUT2D eigenvalue weighted by Crippen LogP contribution is 2.21. The van der Waals surface area contributed by atoms with Gasteiger partial charge in [0.15, 0.2) is 0 Å². The van der Waals surface area contributed by atoms with E-state index in [0.717, 1.165) is 10.2 Å². The van der Waals surface area contributed by atoms with Crippen molar-refractivity contribution in [2.75, 3.05) is 6.26 Å². The second-order valence-electron chi connectivity index (χ2n) is 3.56. The lowest BCUT2D eigenvalue weighted by Crippen LogP contribution is -2.06. The minimum absolute atomic E-state index is 0.304. The van der Waals surface area contributed by atoms with Gasteiger partial charge in [0.1, 0.15) is 13.6 Å². The summed E-state index contributed by atoms with van der Waals surface area (Å²) >= 11 is 1.65. The first-order chi connectivity index (χ1) is 8.20. The number of hydrogen-bond donors (Lipinski definition) is 0. The Kier molecular flexibility index (Phi) is 4.03. The van der Waals surface area contributed by atoms with Crippen LogP contribution in [0, 0.1) is 5.82 Å². The van der Waals surface area contributed by atoms with Crippen molar-refractivity contribution in [2.24, 2.45) is 0 Å². The van der Waals surface area contributed by atoms with Gasteiger partial charge in [-0.25, -0.2) is 4.39 Å². The van der Waals surface area contributed by atoms with Crippen molar-refractivity contribution in [1.29, 1.82) is 0 Å². The topological polar surface area (TPSA) is 17.1 Å². The molecule has 88 valence electrons. The maximum atomic E-state index is 12.8. The molecular weight excluding hydrogens is 254 g/mol. The molecule has 0 aliphatic rings. The lowest BCUT2D eigenvalue weighted by Gasteiger charge is -2.03. The molecular formula is C13H12FOPS. The molecule has 0 saturated heterocycles. The summed E-state index contributed by atoms with van der Waals surface area (Å²) in [5.74, 6) is -0.304. The van der Waals surface area contributed by atoms with Gasteiger partial charge < -0.3 is 4.57 Å². The van der Waals surface area contributed by atoms with Crippen LogP contribution in [-0.4, -0.2) is 6.26 Å². The molecule has 0 fully saturated rings. The van der Waals surface area contributed by atoms with Crippen LogP contribution in [0.2, 0.25) is 0 Å². The van der Waals surface area contributed by atoms with Gasteiger partial charge in [0.25, 0.3) is 0 Å². The summed E-state index contributed by atoms with van der Waals surface area (Å²) in [7, 11) is -2.01. The summed E-state index contributed by atoms with van der Waals surface area (Å²) in [6.45, 7) is 0. The molecule has 2 rings (SSSR count). The first kappa shape index (κ1) is 12.4. The average molecular weight is 266 g/mol. The summed E-state index contributed by atoms with van der Waals surface area (Å²) < 4.78 is 25.0. The fraction of sp³-hybridized carbons (Fsp3) is 0.0769. The van der Waals surface area contributed by atoms with Gasteiger partial charge >= 0.3 is 0 Å². The van der Waals surface area contributed by atoms with Gasteiger partial charge in [-0.3, -0.25) is 0 Å². The third-order valence-corrected chi connectivity index (χ3v) is 4.92. The molecule has 0 amide bonds. The minimum atomic E-state index is -2.01. The lowest BCUT2D eigenvalue weighted by molar-refractivity contribution is 0.598. The Balaban J connectivity index is 2.27. The Morgan fingerprint density at radius 1 is 0.941 bits per heavy atom. The van der Waals surface area contributed by atoms with Crippen molar-refractivity contribution in [3.63, 3.8) is 0 Å². The van der Waals surface area contributed by atoms with E-state index < -0.39 is 7.80 Å². The van der Waals surface area contributed by atoms with Gasteiger partial charge in [-0.2, -0.15) is 0 Å². The normalized spacial score (nSPS) is 12.4. The largest absolute Gasteiger partial charge is 0.317 e. The fourth-order valence-corrected chi connectivity index (χ4v) is 3.19. The minimum Gasteiger partial charge on any atom is -0.317 e. The van der Waals surface area contributed by atoms with Crippen LogP contribution in [0.5, 0.6) is 0 Å². The van der Waals surface area contributed by atoms with E-state index in [4.69, 9.17) is 0 Å². The number of hydrogen-bond acceptors (Lipinski definition) is 2. The molecule has 1 unspecified atom stereocenters. The number of halogens is 1. The quantitative estimate of drug-likeness (QED) is 0.627. The Hall–Kier alpha value is -1.05. The third kappa shape index (κ3) is 2.99. The molecule has 0 aromatic heterocycles. The molecule has 0 aliphatic carbocycles. The van der Waals surface area contributed by atoms with Crippen molar-refractivity contribution < 1.29 is 8.96 Å². The highest BCUT2D eigenvalue weighted by molar-refractivity contribution is 7.98. The first-order valence-electron chi connectivity index (χ1n) is 5.15. The predicted octanol–water partition coefficient (Wildman–Crippen LogP) is 3.06. The molecule has 0 saturated carbocycles. The molecule has 17 heavy (non-hydrogen) atoms. The molecule has 0 aliphatic heterocycles. The number of thioether (sulfide) groups is 1. The van der Waals surface area contributed by atoms with Crippen LogP contribution >= 0.6 is 19.6 Å². The molecule has 1 atom stereocenters. The van der Waals surface area contributed by atoms with E-state index in [2.05, 4.69) is 0 Å². The van der Waals surface area contributed by atoms with Gasteiger partial charge in [0.05, 0.1) is 0 Å². The van der Waals surface area contributed by atoms with Crippen LogP contribution in [0.1, 0.15) is 0 Å². The molecule has 4 heteroatoms. The summed E-state index contributed by atoms with van der Waals surface area (Å²) in [6.07, 6.45) is 2.00. The van der Waals surface area contributed by atoms with E-state index in [-0.39, 0.29) is 5.82 Å². The monoisotopic (exact) mass is 266 g/mol. The second kappa shape index (κ2) is 5.52. The molecule has 0 bridgehead atoms. The molecule has 0 radical (unpaired) electrons. The van der Waals surface area contributed by atoms with E-state index >= 15 is 0 Å².